The van der Waals surface area contributed by atoms with Gasteiger partial charge >= 0.3 is 11.9 Å². The largest absolute Gasteiger partial charge is 0.478 e. The van der Waals surface area contributed by atoms with Gasteiger partial charge in [-0.1, -0.05) is 6.07 Å². The molecule has 0 amide bonds. The van der Waals surface area contributed by atoms with Crippen molar-refractivity contribution in [2.45, 2.75) is 0 Å². The zero-order valence-corrected chi connectivity index (χ0v) is 7.95. The lowest BCUT2D eigenvalue weighted by Crippen LogP contribution is -2.07. The fourth-order valence-electron chi connectivity index (χ4n) is 1.12. The second kappa shape index (κ2) is 3.93. The van der Waals surface area contributed by atoms with Gasteiger partial charge in [0.25, 0.3) is 0 Å². The van der Waals surface area contributed by atoms with Gasteiger partial charge in [-0.25, -0.2) is 14.6 Å². The van der Waals surface area contributed by atoms with Crippen molar-refractivity contribution in [3.8, 4) is 0 Å². The van der Waals surface area contributed by atoms with E-state index in [0.29, 0.717) is 11.8 Å². The summed E-state index contributed by atoms with van der Waals surface area (Å²) in [5.41, 5.74) is 0.137. The number of esters is 1. The fraction of sp³-hybridized carbons (Fsp3) is 0. The maximum Gasteiger partial charge on any atom is 0.364 e. The van der Waals surface area contributed by atoms with Crippen LogP contribution in [0.15, 0.2) is 41.2 Å². The maximum atomic E-state index is 11.2. The number of carboxylic acid groups (broad SMARTS) is 1. The molecule has 0 unspecified atom stereocenters. The molecule has 16 heavy (non-hydrogen) atoms. The van der Waals surface area contributed by atoms with Crippen molar-refractivity contribution >= 4 is 17.8 Å². The number of aliphatic carboxylic acids is 1. The van der Waals surface area contributed by atoms with E-state index < -0.39 is 11.9 Å². The predicted molar refractivity (Wildman–Crippen MR) is 52.6 cm³/mol. The number of hydrogen-bond acceptors (Lipinski definition) is 5. The van der Waals surface area contributed by atoms with Gasteiger partial charge in [0, 0.05) is 6.20 Å². The van der Waals surface area contributed by atoms with Gasteiger partial charge in [0.1, 0.15) is 5.69 Å². The zero-order chi connectivity index (χ0) is 11.5. The van der Waals surface area contributed by atoms with Crippen molar-refractivity contribution in [2.24, 2.45) is 4.99 Å². The monoisotopic (exact) mass is 218 g/mol. The summed E-state index contributed by atoms with van der Waals surface area (Å²) in [6.45, 7) is 0. The maximum absolute atomic E-state index is 11.2. The first-order chi connectivity index (χ1) is 7.66. The Morgan fingerprint density at radius 1 is 1.44 bits per heavy atom. The Hall–Kier alpha value is -2.50. The molecule has 1 aromatic heterocycles. The molecular formula is C10H6N2O4. The molecule has 0 saturated heterocycles. The first kappa shape index (κ1) is 10.0. The summed E-state index contributed by atoms with van der Waals surface area (Å²) < 4.78 is 4.78. The first-order valence-electron chi connectivity index (χ1n) is 4.34. The Kier molecular flexibility index (Phi) is 2.47. The average molecular weight is 218 g/mol. The molecule has 1 aromatic rings. The highest BCUT2D eigenvalue weighted by molar-refractivity contribution is 6.11. The summed E-state index contributed by atoms with van der Waals surface area (Å²) in [7, 11) is 0. The molecule has 1 aliphatic heterocycles. The van der Waals surface area contributed by atoms with Gasteiger partial charge < -0.3 is 9.84 Å². The van der Waals surface area contributed by atoms with Crippen LogP contribution < -0.4 is 0 Å². The van der Waals surface area contributed by atoms with Crippen molar-refractivity contribution in [1.82, 2.24) is 4.98 Å². The molecular weight excluding hydrogens is 212 g/mol. The quantitative estimate of drug-likeness (QED) is 0.571. The van der Waals surface area contributed by atoms with Gasteiger partial charge in [0.15, 0.2) is 5.70 Å². The van der Waals surface area contributed by atoms with E-state index in [9.17, 15) is 9.59 Å². The molecule has 6 heteroatoms. The SMILES string of the molecule is O=C(O)/C=C1/N=C(c2ccccn2)OC1=O. The minimum absolute atomic E-state index is 0.0121. The predicted octanol–water partition coefficient (Wildman–Crippen LogP) is 0.353. The minimum atomic E-state index is -1.25. The number of hydrogen-bond donors (Lipinski definition) is 1. The third-order valence-electron chi connectivity index (χ3n) is 1.76. The van der Waals surface area contributed by atoms with E-state index in [1.54, 1.807) is 18.2 Å². The number of aliphatic imine (C=N–C) groups is 1. The van der Waals surface area contributed by atoms with E-state index in [4.69, 9.17) is 9.84 Å². The van der Waals surface area contributed by atoms with Crippen LogP contribution in [0.5, 0.6) is 0 Å². The van der Waals surface area contributed by atoms with E-state index in [-0.39, 0.29) is 11.6 Å². The van der Waals surface area contributed by atoms with Crippen molar-refractivity contribution in [3.05, 3.63) is 41.9 Å². The molecule has 2 heterocycles. The number of carbonyl (C=O) groups is 2. The van der Waals surface area contributed by atoms with Crippen LogP contribution in [0.4, 0.5) is 0 Å². The van der Waals surface area contributed by atoms with E-state index >= 15 is 0 Å². The summed E-state index contributed by atoms with van der Waals surface area (Å²) in [4.78, 5) is 29.2. The van der Waals surface area contributed by atoms with Gasteiger partial charge in [0.2, 0.25) is 5.90 Å². The standard InChI is InChI=1S/C10H6N2O4/c13-8(14)5-7-10(15)16-9(12-7)6-3-1-2-4-11-6/h1-5H,(H,13,14)/b7-5+. The molecule has 0 spiro atoms. The van der Waals surface area contributed by atoms with E-state index in [2.05, 4.69) is 9.98 Å². The number of carbonyl (C=O) groups excluding carboxylic acids is 1. The Morgan fingerprint density at radius 3 is 2.88 bits per heavy atom. The summed E-state index contributed by atoms with van der Waals surface area (Å²) >= 11 is 0. The average Bonchev–Trinajstić information content (AvgIpc) is 2.61. The molecule has 6 nitrogen and oxygen atoms in total. The van der Waals surface area contributed by atoms with E-state index in [1.807, 2.05) is 0 Å². The van der Waals surface area contributed by atoms with Crippen molar-refractivity contribution in [2.75, 3.05) is 0 Å². The molecule has 0 aromatic carbocycles. The summed E-state index contributed by atoms with van der Waals surface area (Å²) in [6.07, 6.45) is 2.21. The molecule has 0 atom stereocenters. The third kappa shape index (κ3) is 1.95. The molecule has 0 radical (unpaired) electrons. The Balaban J connectivity index is 2.34. The summed E-state index contributed by atoms with van der Waals surface area (Å²) in [5, 5.41) is 8.48. The molecule has 80 valence electrons. The second-order valence-electron chi connectivity index (χ2n) is 2.89. The highest BCUT2D eigenvalue weighted by Gasteiger charge is 2.25. The van der Waals surface area contributed by atoms with Gasteiger partial charge in [0.05, 0.1) is 6.08 Å². The topological polar surface area (TPSA) is 88.8 Å². The van der Waals surface area contributed by atoms with E-state index in [0.717, 1.165) is 0 Å². The molecule has 1 N–H and O–H groups in total. The minimum Gasteiger partial charge on any atom is -0.478 e. The highest BCUT2D eigenvalue weighted by Crippen LogP contribution is 2.14. The number of cyclic esters (lactones) is 1. The van der Waals surface area contributed by atoms with Crippen LogP contribution in [0, 0.1) is 0 Å². The lowest BCUT2D eigenvalue weighted by molar-refractivity contribution is -0.133. The summed E-state index contributed by atoms with van der Waals surface area (Å²) in [5.74, 6) is -2.03. The van der Waals surface area contributed by atoms with Gasteiger partial charge in [-0.15, -0.1) is 0 Å². The number of nitrogens with zero attached hydrogens (tertiary/aromatic N) is 2. The second-order valence-corrected chi connectivity index (χ2v) is 2.89. The van der Waals surface area contributed by atoms with Crippen LogP contribution in [0.25, 0.3) is 0 Å². The third-order valence-corrected chi connectivity index (χ3v) is 1.76. The molecule has 2 rings (SSSR count). The molecule has 0 aliphatic carbocycles. The smallest absolute Gasteiger partial charge is 0.364 e. The fourth-order valence-corrected chi connectivity index (χ4v) is 1.12. The number of rotatable bonds is 2. The Labute approximate surface area is 89.9 Å². The molecule has 0 fully saturated rings. The van der Waals surface area contributed by atoms with Crippen molar-refractivity contribution < 1.29 is 19.4 Å². The lowest BCUT2D eigenvalue weighted by atomic mass is 10.3. The van der Waals surface area contributed by atoms with Gasteiger partial charge in [-0.05, 0) is 12.1 Å². The zero-order valence-electron chi connectivity index (χ0n) is 7.95. The normalized spacial score (nSPS) is 17.1. The Morgan fingerprint density at radius 2 is 2.25 bits per heavy atom. The highest BCUT2D eigenvalue weighted by atomic mass is 16.6. The van der Waals surface area contributed by atoms with Crippen LogP contribution in [-0.2, 0) is 14.3 Å². The van der Waals surface area contributed by atoms with Crippen molar-refractivity contribution in [3.63, 3.8) is 0 Å². The molecule has 0 saturated carbocycles. The van der Waals surface area contributed by atoms with Gasteiger partial charge in [-0.3, -0.25) is 4.98 Å². The van der Waals surface area contributed by atoms with Crippen molar-refractivity contribution in [1.29, 1.82) is 0 Å². The van der Waals surface area contributed by atoms with E-state index in [1.165, 1.54) is 6.20 Å². The van der Waals surface area contributed by atoms with Crippen LogP contribution in [0.1, 0.15) is 5.69 Å². The number of aromatic nitrogens is 1. The van der Waals surface area contributed by atoms with Crippen LogP contribution in [-0.4, -0.2) is 27.9 Å². The van der Waals surface area contributed by atoms with Crippen LogP contribution in [0.3, 0.4) is 0 Å². The number of pyridine rings is 1. The lowest BCUT2D eigenvalue weighted by Gasteiger charge is -1.95. The molecule has 0 bridgehead atoms. The Bertz CT molecular complexity index is 505. The number of ether oxygens (including phenoxy) is 1. The molecule has 1 aliphatic rings. The van der Waals surface area contributed by atoms with Crippen LogP contribution >= 0.6 is 0 Å². The number of carboxylic acids is 1. The first-order valence-corrected chi connectivity index (χ1v) is 4.34. The van der Waals surface area contributed by atoms with Crippen LogP contribution in [0.2, 0.25) is 0 Å². The summed E-state index contributed by atoms with van der Waals surface area (Å²) in [6, 6.07) is 5.02. The van der Waals surface area contributed by atoms with Gasteiger partial charge in [-0.2, -0.15) is 0 Å².